The number of rotatable bonds is 6. The Kier molecular flexibility index (Phi) is 5.14. The maximum Gasteiger partial charge on any atom is 0.0497 e. The molecule has 1 aromatic heterocycles. The zero-order chi connectivity index (χ0) is 18.0. The third-order valence-corrected chi connectivity index (χ3v) is 5.17. The third-order valence-electron chi connectivity index (χ3n) is 5.17. The summed E-state index contributed by atoms with van der Waals surface area (Å²) in [7, 11) is 4.14. The summed E-state index contributed by atoms with van der Waals surface area (Å²) in [4.78, 5) is 5.85. The summed E-state index contributed by atoms with van der Waals surface area (Å²) in [6, 6.07) is 13.3. The Bertz CT molecular complexity index is 857. The number of anilines is 1. The minimum Gasteiger partial charge on any atom is -0.378 e. The molecule has 25 heavy (non-hydrogen) atoms. The maximum atomic E-state index is 5.71. The smallest absolute Gasteiger partial charge is 0.0497 e. The van der Waals surface area contributed by atoms with E-state index in [9.17, 15) is 0 Å². The molecule has 3 heteroatoms. The van der Waals surface area contributed by atoms with Gasteiger partial charge in [-0.15, -0.1) is 0 Å². The zero-order valence-electron chi connectivity index (χ0n) is 15.8. The van der Waals surface area contributed by atoms with Gasteiger partial charge < -0.3 is 15.6 Å². The monoisotopic (exact) mass is 335 g/mol. The Morgan fingerprint density at radius 3 is 2.32 bits per heavy atom. The van der Waals surface area contributed by atoms with Gasteiger partial charge >= 0.3 is 0 Å². The van der Waals surface area contributed by atoms with E-state index < -0.39 is 0 Å². The van der Waals surface area contributed by atoms with E-state index >= 15 is 0 Å². The molecule has 2 aromatic carbocycles. The number of unbranched alkanes of at least 4 members (excludes halogenated alkanes) is 1. The molecule has 0 saturated heterocycles. The molecule has 0 saturated carbocycles. The van der Waals surface area contributed by atoms with Crippen LogP contribution in [0, 0.1) is 13.8 Å². The van der Waals surface area contributed by atoms with Crippen LogP contribution in [-0.2, 0) is 6.42 Å². The van der Waals surface area contributed by atoms with Crippen molar-refractivity contribution in [1.29, 1.82) is 0 Å². The fraction of sp³-hybridized carbons (Fsp3) is 0.364. The molecular weight excluding hydrogens is 306 g/mol. The Balaban J connectivity index is 2.11. The standard InChI is InChI=1S/C22H29N3/c1-15-8-13-20-19(7-5-6-14-23)22(24-21(20)16(15)2)17-9-11-18(12-10-17)25(3)4/h8-13,24H,5-7,14,23H2,1-4H3. The molecule has 0 aliphatic heterocycles. The lowest BCUT2D eigenvalue weighted by Gasteiger charge is -2.13. The first-order valence-electron chi connectivity index (χ1n) is 9.11. The van der Waals surface area contributed by atoms with Gasteiger partial charge in [-0.1, -0.05) is 24.3 Å². The van der Waals surface area contributed by atoms with E-state index in [4.69, 9.17) is 5.73 Å². The number of hydrogen-bond donors (Lipinski definition) is 2. The summed E-state index contributed by atoms with van der Waals surface area (Å²) in [5.74, 6) is 0. The van der Waals surface area contributed by atoms with Gasteiger partial charge in [0.1, 0.15) is 0 Å². The molecule has 0 atom stereocenters. The second-order valence-corrected chi connectivity index (χ2v) is 7.10. The van der Waals surface area contributed by atoms with Gasteiger partial charge in [0.2, 0.25) is 0 Å². The van der Waals surface area contributed by atoms with Crippen LogP contribution >= 0.6 is 0 Å². The van der Waals surface area contributed by atoms with Crippen molar-refractivity contribution in [3.63, 3.8) is 0 Å². The van der Waals surface area contributed by atoms with Crippen LogP contribution in [0.1, 0.15) is 29.5 Å². The molecule has 0 spiro atoms. The molecule has 0 unspecified atom stereocenters. The molecule has 0 bridgehead atoms. The number of H-pyrrole nitrogens is 1. The molecule has 132 valence electrons. The molecule has 0 fully saturated rings. The number of aromatic nitrogens is 1. The topological polar surface area (TPSA) is 45.0 Å². The highest BCUT2D eigenvalue weighted by molar-refractivity contribution is 5.93. The van der Waals surface area contributed by atoms with Crippen molar-refractivity contribution in [1.82, 2.24) is 4.98 Å². The van der Waals surface area contributed by atoms with Gasteiger partial charge in [-0.25, -0.2) is 0 Å². The number of fused-ring (bicyclic) bond motifs is 1. The molecular formula is C22H29N3. The van der Waals surface area contributed by atoms with Gasteiger partial charge in [-0.05, 0) is 74.0 Å². The molecule has 3 rings (SSSR count). The van der Waals surface area contributed by atoms with Crippen molar-refractivity contribution in [3.05, 3.63) is 53.1 Å². The van der Waals surface area contributed by atoms with Crippen LogP contribution in [0.4, 0.5) is 5.69 Å². The summed E-state index contributed by atoms with van der Waals surface area (Å²) in [6.45, 7) is 5.14. The van der Waals surface area contributed by atoms with E-state index in [0.29, 0.717) is 0 Å². The van der Waals surface area contributed by atoms with E-state index in [0.717, 1.165) is 25.8 Å². The normalized spacial score (nSPS) is 11.2. The van der Waals surface area contributed by atoms with Crippen LogP contribution in [0.5, 0.6) is 0 Å². The average Bonchev–Trinajstić information content (AvgIpc) is 2.98. The second-order valence-electron chi connectivity index (χ2n) is 7.10. The van der Waals surface area contributed by atoms with Crippen molar-refractivity contribution < 1.29 is 0 Å². The number of nitrogens with one attached hydrogen (secondary N) is 1. The summed E-state index contributed by atoms with van der Waals surface area (Å²) in [5.41, 5.74) is 14.8. The molecule has 0 amide bonds. The fourth-order valence-corrected chi connectivity index (χ4v) is 3.44. The summed E-state index contributed by atoms with van der Waals surface area (Å²) >= 11 is 0. The average molecular weight is 335 g/mol. The van der Waals surface area contributed by atoms with E-state index in [1.54, 1.807) is 0 Å². The van der Waals surface area contributed by atoms with Gasteiger partial charge in [0.25, 0.3) is 0 Å². The first-order valence-corrected chi connectivity index (χ1v) is 9.11. The second kappa shape index (κ2) is 7.32. The van der Waals surface area contributed by atoms with E-state index in [2.05, 4.69) is 74.2 Å². The Labute approximate surface area is 150 Å². The Morgan fingerprint density at radius 2 is 1.68 bits per heavy atom. The lowest BCUT2D eigenvalue weighted by atomic mass is 9.98. The van der Waals surface area contributed by atoms with Crippen LogP contribution in [-0.4, -0.2) is 25.6 Å². The molecule has 1 heterocycles. The minimum atomic E-state index is 0.757. The SMILES string of the molecule is Cc1ccc2c(CCCCN)c(-c3ccc(N(C)C)cc3)[nH]c2c1C. The van der Waals surface area contributed by atoms with Crippen molar-refractivity contribution in [3.8, 4) is 11.3 Å². The summed E-state index contributed by atoms with van der Waals surface area (Å²) in [5, 5.41) is 1.35. The van der Waals surface area contributed by atoms with Crippen LogP contribution in [0.3, 0.4) is 0 Å². The van der Waals surface area contributed by atoms with Crippen LogP contribution in [0.2, 0.25) is 0 Å². The van der Waals surface area contributed by atoms with E-state index in [1.807, 2.05) is 0 Å². The zero-order valence-corrected chi connectivity index (χ0v) is 15.8. The summed E-state index contributed by atoms with van der Waals surface area (Å²) in [6.07, 6.45) is 3.25. The molecule has 0 radical (unpaired) electrons. The highest BCUT2D eigenvalue weighted by Crippen LogP contribution is 2.34. The van der Waals surface area contributed by atoms with E-state index in [-0.39, 0.29) is 0 Å². The quantitative estimate of drug-likeness (QED) is 0.636. The maximum absolute atomic E-state index is 5.71. The lowest BCUT2D eigenvalue weighted by Crippen LogP contribution is -2.07. The van der Waals surface area contributed by atoms with Crippen molar-refractivity contribution in [2.45, 2.75) is 33.1 Å². The molecule has 0 aliphatic carbocycles. The number of aryl methyl sites for hydroxylation is 3. The van der Waals surface area contributed by atoms with Crippen LogP contribution in [0.15, 0.2) is 36.4 Å². The summed E-state index contributed by atoms with van der Waals surface area (Å²) < 4.78 is 0. The third kappa shape index (κ3) is 3.42. The van der Waals surface area contributed by atoms with Gasteiger partial charge in [0.15, 0.2) is 0 Å². The van der Waals surface area contributed by atoms with Crippen molar-refractivity contribution in [2.75, 3.05) is 25.5 Å². The molecule has 0 aliphatic rings. The van der Waals surface area contributed by atoms with Crippen molar-refractivity contribution in [2.24, 2.45) is 5.73 Å². The first kappa shape index (κ1) is 17.6. The largest absolute Gasteiger partial charge is 0.378 e. The van der Waals surface area contributed by atoms with Crippen LogP contribution in [0.25, 0.3) is 22.2 Å². The van der Waals surface area contributed by atoms with Crippen LogP contribution < -0.4 is 10.6 Å². The predicted octanol–water partition coefficient (Wildman–Crippen LogP) is 4.80. The number of nitrogens with zero attached hydrogens (tertiary/aromatic N) is 1. The van der Waals surface area contributed by atoms with E-state index in [1.165, 1.54) is 44.5 Å². The van der Waals surface area contributed by atoms with Gasteiger partial charge in [0.05, 0.1) is 0 Å². The fourth-order valence-electron chi connectivity index (χ4n) is 3.44. The molecule has 3 nitrogen and oxygen atoms in total. The van der Waals surface area contributed by atoms with Gasteiger partial charge in [-0.3, -0.25) is 0 Å². The minimum absolute atomic E-state index is 0.757. The Morgan fingerprint density at radius 1 is 0.960 bits per heavy atom. The number of hydrogen-bond acceptors (Lipinski definition) is 2. The van der Waals surface area contributed by atoms with Gasteiger partial charge in [0, 0.05) is 36.4 Å². The predicted molar refractivity (Wildman–Crippen MR) is 110 cm³/mol. The van der Waals surface area contributed by atoms with Crippen molar-refractivity contribution >= 4 is 16.6 Å². The number of aromatic amines is 1. The number of benzene rings is 2. The molecule has 3 N–H and O–H groups in total. The molecule has 3 aromatic rings. The Hall–Kier alpha value is -2.26. The number of nitrogens with two attached hydrogens (primary N) is 1. The highest BCUT2D eigenvalue weighted by atomic mass is 15.1. The highest BCUT2D eigenvalue weighted by Gasteiger charge is 2.15. The first-order chi connectivity index (χ1) is 12.0. The lowest BCUT2D eigenvalue weighted by molar-refractivity contribution is 0.748. The van der Waals surface area contributed by atoms with Gasteiger partial charge in [-0.2, -0.15) is 0 Å².